The lowest BCUT2D eigenvalue weighted by atomic mass is 9.82. The van der Waals surface area contributed by atoms with Gasteiger partial charge in [0.2, 0.25) is 11.8 Å². The second-order valence-electron chi connectivity index (χ2n) is 4.18. The molecule has 0 aliphatic heterocycles. The van der Waals surface area contributed by atoms with Gasteiger partial charge in [-0.3, -0.25) is 9.59 Å². The molecule has 0 aromatic rings. The molecule has 1 saturated carbocycles. The van der Waals surface area contributed by atoms with Gasteiger partial charge < -0.3 is 15.3 Å². The van der Waals surface area contributed by atoms with E-state index in [-0.39, 0.29) is 24.5 Å². The maximum atomic E-state index is 11.5. The first-order chi connectivity index (χ1) is 6.99. The van der Waals surface area contributed by atoms with Gasteiger partial charge in [0.25, 0.3) is 0 Å². The third kappa shape index (κ3) is 3.87. The van der Waals surface area contributed by atoms with Crippen LogP contribution in [0.25, 0.3) is 0 Å². The average molecular weight is 214 g/mol. The fourth-order valence-corrected chi connectivity index (χ4v) is 1.67. The SMILES string of the molecule is CC(=O)NCC(=O)N(C)CC1CC(O)C1. The number of aliphatic hydroxyl groups excluding tert-OH is 1. The topological polar surface area (TPSA) is 69.6 Å². The van der Waals surface area contributed by atoms with Crippen molar-refractivity contribution in [2.75, 3.05) is 20.1 Å². The molecule has 0 atom stereocenters. The van der Waals surface area contributed by atoms with Gasteiger partial charge in [-0.05, 0) is 18.8 Å². The van der Waals surface area contributed by atoms with Gasteiger partial charge in [-0.25, -0.2) is 0 Å². The number of likely N-dealkylation sites (N-methyl/N-ethyl adjacent to an activating group) is 1. The summed E-state index contributed by atoms with van der Waals surface area (Å²) in [6, 6.07) is 0. The van der Waals surface area contributed by atoms with Crippen molar-refractivity contribution in [3.8, 4) is 0 Å². The normalized spacial score (nSPS) is 24.2. The number of rotatable bonds is 4. The second-order valence-corrected chi connectivity index (χ2v) is 4.18. The van der Waals surface area contributed by atoms with Crippen LogP contribution in [0.1, 0.15) is 19.8 Å². The van der Waals surface area contributed by atoms with Crippen LogP contribution in [0.5, 0.6) is 0 Å². The Morgan fingerprint density at radius 1 is 1.47 bits per heavy atom. The van der Waals surface area contributed by atoms with Gasteiger partial charge in [-0.15, -0.1) is 0 Å². The standard InChI is InChI=1S/C10H18N2O3/c1-7(13)11-5-10(15)12(2)6-8-3-9(14)4-8/h8-9,14H,3-6H2,1-2H3,(H,11,13). The summed E-state index contributed by atoms with van der Waals surface area (Å²) >= 11 is 0. The minimum Gasteiger partial charge on any atom is -0.393 e. The Morgan fingerprint density at radius 2 is 2.07 bits per heavy atom. The highest BCUT2D eigenvalue weighted by Gasteiger charge is 2.28. The molecule has 15 heavy (non-hydrogen) atoms. The molecule has 1 fully saturated rings. The van der Waals surface area contributed by atoms with E-state index in [9.17, 15) is 9.59 Å². The molecule has 1 aliphatic rings. The maximum Gasteiger partial charge on any atom is 0.241 e. The van der Waals surface area contributed by atoms with Gasteiger partial charge in [0.05, 0.1) is 12.6 Å². The van der Waals surface area contributed by atoms with Gasteiger partial charge in [-0.2, -0.15) is 0 Å². The number of nitrogens with one attached hydrogen (secondary N) is 1. The highest BCUT2D eigenvalue weighted by molar-refractivity contribution is 5.83. The first-order valence-electron chi connectivity index (χ1n) is 5.15. The van der Waals surface area contributed by atoms with Crippen LogP contribution in [0, 0.1) is 5.92 Å². The quantitative estimate of drug-likeness (QED) is 0.653. The summed E-state index contributed by atoms with van der Waals surface area (Å²) in [6.45, 7) is 2.10. The van der Waals surface area contributed by atoms with Crippen LogP contribution in [-0.4, -0.2) is 48.1 Å². The molecule has 0 unspecified atom stereocenters. The van der Waals surface area contributed by atoms with Gasteiger partial charge in [-0.1, -0.05) is 0 Å². The Balaban J connectivity index is 2.18. The van der Waals surface area contributed by atoms with Crippen LogP contribution in [-0.2, 0) is 9.59 Å². The predicted octanol–water partition coefficient (Wildman–Crippen LogP) is -0.648. The molecule has 2 amide bonds. The molecular weight excluding hydrogens is 196 g/mol. The fraction of sp³-hybridized carbons (Fsp3) is 0.800. The van der Waals surface area contributed by atoms with E-state index in [0.29, 0.717) is 12.5 Å². The van der Waals surface area contributed by atoms with Gasteiger partial charge in [0, 0.05) is 20.5 Å². The van der Waals surface area contributed by atoms with Crippen LogP contribution in [0.15, 0.2) is 0 Å². The molecular formula is C10H18N2O3. The third-order valence-electron chi connectivity index (χ3n) is 2.66. The number of carbonyl (C=O) groups is 2. The zero-order chi connectivity index (χ0) is 11.4. The highest BCUT2D eigenvalue weighted by Crippen LogP contribution is 2.27. The van der Waals surface area contributed by atoms with Crippen molar-refractivity contribution in [3.63, 3.8) is 0 Å². The molecule has 1 aliphatic carbocycles. The Bertz CT molecular complexity index is 249. The molecule has 86 valence electrons. The summed E-state index contributed by atoms with van der Waals surface area (Å²) in [5.74, 6) is 0.119. The van der Waals surface area contributed by atoms with Crippen LogP contribution < -0.4 is 5.32 Å². The molecule has 0 heterocycles. The molecule has 0 spiro atoms. The number of aliphatic hydroxyl groups is 1. The highest BCUT2D eigenvalue weighted by atomic mass is 16.3. The lowest BCUT2D eigenvalue weighted by Crippen LogP contribution is -2.43. The van der Waals surface area contributed by atoms with Gasteiger partial charge in [0.15, 0.2) is 0 Å². The number of hydrogen-bond acceptors (Lipinski definition) is 3. The Morgan fingerprint density at radius 3 is 2.53 bits per heavy atom. The zero-order valence-corrected chi connectivity index (χ0v) is 9.19. The number of amides is 2. The fourth-order valence-electron chi connectivity index (χ4n) is 1.67. The number of hydrogen-bond donors (Lipinski definition) is 2. The van der Waals surface area contributed by atoms with E-state index in [2.05, 4.69) is 5.32 Å². The molecule has 0 saturated heterocycles. The van der Waals surface area contributed by atoms with Crippen LogP contribution >= 0.6 is 0 Å². The van der Waals surface area contributed by atoms with E-state index in [4.69, 9.17) is 5.11 Å². The lowest BCUT2D eigenvalue weighted by molar-refractivity contribution is -0.132. The third-order valence-corrected chi connectivity index (χ3v) is 2.66. The first kappa shape index (κ1) is 12.0. The van der Waals surface area contributed by atoms with E-state index in [1.54, 1.807) is 11.9 Å². The molecule has 1 rings (SSSR count). The molecule has 0 radical (unpaired) electrons. The molecule has 0 bridgehead atoms. The van der Waals surface area contributed by atoms with Crippen LogP contribution in [0.2, 0.25) is 0 Å². The molecule has 5 heteroatoms. The maximum absolute atomic E-state index is 11.5. The summed E-state index contributed by atoms with van der Waals surface area (Å²) in [7, 11) is 1.72. The van der Waals surface area contributed by atoms with E-state index in [1.165, 1.54) is 6.92 Å². The Kier molecular flexibility index (Phi) is 4.08. The van der Waals surface area contributed by atoms with E-state index < -0.39 is 0 Å². The van der Waals surface area contributed by atoms with Gasteiger partial charge >= 0.3 is 0 Å². The first-order valence-corrected chi connectivity index (χ1v) is 5.15. The van der Waals surface area contributed by atoms with Crippen molar-refractivity contribution < 1.29 is 14.7 Å². The molecule has 0 aromatic carbocycles. The minimum absolute atomic E-state index is 0.0567. The summed E-state index contributed by atoms with van der Waals surface area (Å²) in [5.41, 5.74) is 0. The van der Waals surface area contributed by atoms with E-state index in [1.807, 2.05) is 0 Å². The number of carbonyl (C=O) groups excluding carboxylic acids is 2. The summed E-state index contributed by atoms with van der Waals surface area (Å²) in [5, 5.41) is 11.6. The van der Waals surface area contributed by atoms with Crippen LogP contribution in [0.4, 0.5) is 0 Å². The Hall–Kier alpha value is -1.10. The zero-order valence-electron chi connectivity index (χ0n) is 9.19. The Labute approximate surface area is 89.4 Å². The number of nitrogens with zero attached hydrogens (tertiary/aromatic N) is 1. The van der Waals surface area contributed by atoms with Crippen LogP contribution in [0.3, 0.4) is 0 Å². The second kappa shape index (κ2) is 5.11. The van der Waals surface area contributed by atoms with E-state index >= 15 is 0 Å². The molecule has 0 aromatic heterocycles. The van der Waals surface area contributed by atoms with E-state index in [0.717, 1.165) is 12.8 Å². The lowest BCUT2D eigenvalue weighted by Gasteiger charge is -2.34. The molecule has 5 nitrogen and oxygen atoms in total. The van der Waals surface area contributed by atoms with Gasteiger partial charge in [0.1, 0.15) is 0 Å². The summed E-state index contributed by atoms with van der Waals surface area (Å²) < 4.78 is 0. The summed E-state index contributed by atoms with van der Waals surface area (Å²) in [6.07, 6.45) is 1.36. The van der Waals surface area contributed by atoms with Crippen molar-refractivity contribution >= 4 is 11.8 Å². The average Bonchev–Trinajstić information content (AvgIpc) is 2.11. The largest absolute Gasteiger partial charge is 0.393 e. The van der Waals surface area contributed by atoms with Crippen molar-refractivity contribution in [3.05, 3.63) is 0 Å². The van der Waals surface area contributed by atoms with Crippen molar-refractivity contribution in [1.29, 1.82) is 0 Å². The molecule has 2 N–H and O–H groups in total. The van der Waals surface area contributed by atoms with Crippen molar-refractivity contribution in [1.82, 2.24) is 10.2 Å². The summed E-state index contributed by atoms with van der Waals surface area (Å²) in [4.78, 5) is 23.6. The predicted molar refractivity (Wildman–Crippen MR) is 55.1 cm³/mol. The minimum atomic E-state index is -0.198. The van der Waals surface area contributed by atoms with Crippen molar-refractivity contribution in [2.45, 2.75) is 25.9 Å². The van der Waals surface area contributed by atoms with Crippen molar-refractivity contribution in [2.24, 2.45) is 5.92 Å². The smallest absolute Gasteiger partial charge is 0.241 e. The monoisotopic (exact) mass is 214 g/mol.